The number of aromatic hydroxyl groups is 1. The van der Waals surface area contributed by atoms with E-state index in [1.807, 2.05) is 97.1 Å². The third-order valence-electron chi connectivity index (χ3n) is 5.26. The highest BCUT2D eigenvalue weighted by Crippen LogP contribution is 2.39. The molecule has 3 heteroatoms. The molecule has 0 amide bonds. The van der Waals surface area contributed by atoms with Gasteiger partial charge in [-0.1, -0.05) is 97.1 Å². The molecule has 0 aliphatic carbocycles. The van der Waals surface area contributed by atoms with Crippen molar-refractivity contribution in [2.24, 2.45) is 0 Å². The highest BCUT2D eigenvalue weighted by molar-refractivity contribution is 5.92. The maximum Gasteiger partial charge on any atom is 0.339 e. The van der Waals surface area contributed by atoms with Crippen LogP contribution in [0.2, 0.25) is 0 Å². The zero-order valence-electron chi connectivity index (χ0n) is 16.4. The highest BCUT2D eigenvalue weighted by Gasteiger charge is 2.24. The number of hydrogen-bond acceptors (Lipinski definition) is 2. The van der Waals surface area contributed by atoms with Crippen LogP contribution in [0.1, 0.15) is 44.1 Å². The summed E-state index contributed by atoms with van der Waals surface area (Å²) in [7, 11) is 0. The summed E-state index contributed by atoms with van der Waals surface area (Å²) in [5.41, 5.74) is 4.44. The number of carboxylic acid groups (broad SMARTS) is 1. The molecule has 4 aromatic rings. The van der Waals surface area contributed by atoms with Gasteiger partial charge in [0, 0.05) is 11.5 Å². The van der Waals surface area contributed by atoms with Crippen molar-refractivity contribution in [1.82, 2.24) is 0 Å². The molecule has 0 bridgehead atoms. The number of carbonyl (C=O) groups is 1. The molecule has 4 aromatic carbocycles. The smallest absolute Gasteiger partial charge is 0.339 e. The van der Waals surface area contributed by atoms with Crippen LogP contribution in [-0.2, 0) is 6.42 Å². The Balaban J connectivity index is 1.90. The molecule has 0 atom stereocenters. The lowest BCUT2D eigenvalue weighted by Crippen LogP contribution is -2.08. The minimum absolute atomic E-state index is 0.0738. The fourth-order valence-corrected chi connectivity index (χ4v) is 3.88. The number of carboxylic acids is 1. The Bertz CT molecular complexity index is 1100. The van der Waals surface area contributed by atoms with Crippen molar-refractivity contribution in [1.29, 1.82) is 0 Å². The zero-order valence-corrected chi connectivity index (χ0v) is 16.4. The van der Waals surface area contributed by atoms with E-state index in [0.29, 0.717) is 12.0 Å². The number of rotatable bonds is 6. The normalized spacial score (nSPS) is 10.8. The first-order valence-corrected chi connectivity index (χ1v) is 9.86. The Kier molecular flexibility index (Phi) is 5.62. The molecular formula is C27H22O3. The van der Waals surface area contributed by atoms with Crippen molar-refractivity contribution in [3.63, 3.8) is 0 Å². The van der Waals surface area contributed by atoms with Gasteiger partial charge in [0.1, 0.15) is 11.3 Å². The van der Waals surface area contributed by atoms with Crippen LogP contribution in [0.25, 0.3) is 0 Å². The minimum atomic E-state index is -1.14. The van der Waals surface area contributed by atoms with E-state index in [2.05, 4.69) is 0 Å². The van der Waals surface area contributed by atoms with Gasteiger partial charge in [0.25, 0.3) is 0 Å². The standard InChI is InChI=1S/C27H22O3/c28-26-23(25(21-12-6-2-7-13-21)22-14-8-3-9-15-22)17-20(18-24(26)27(29)30)16-19-10-4-1-5-11-19/h1-15,17-18,25,28H,16H2,(H,29,30). The Morgan fingerprint density at radius 3 is 1.70 bits per heavy atom. The van der Waals surface area contributed by atoms with E-state index in [4.69, 9.17) is 0 Å². The third-order valence-corrected chi connectivity index (χ3v) is 5.26. The molecule has 0 aliphatic rings. The van der Waals surface area contributed by atoms with Gasteiger partial charge < -0.3 is 10.2 Å². The predicted molar refractivity (Wildman–Crippen MR) is 118 cm³/mol. The minimum Gasteiger partial charge on any atom is -0.507 e. The maximum absolute atomic E-state index is 11.9. The summed E-state index contributed by atoms with van der Waals surface area (Å²) >= 11 is 0. The van der Waals surface area contributed by atoms with E-state index in [9.17, 15) is 15.0 Å². The summed E-state index contributed by atoms with van der Waals surface area (Å²) in [5, 5.41) is 20.7. The number of benzene rings is 4. The SMILES string of the molecule is O=C(O)c1cc(Cc2ccccc2)cc(C(c2ccccc2)c2ccccc2)c1O. The van der Waals surface area contributed by atoms with Crippen molar-refractivity contribution in [2.75, 3.05) is 0 Å². The van der Waals surface area contributed by atoms with Gasteiger partial charge >= 0.3 is 5.97 Å². The summed E-state index contributed by atoms with van der Waals surface area (Å²) < 4.78 is 0. The number of aromatic carboxylic acids is 1. The van der Waals surface area contributed by atoms with Gasteiger partial charge in [0.05, 0.1) is 0 Å². The number of hydrogen-bond donors (Lipinski definition) is 2. The predicted octanol–water partition coefficient (Wildman–Crippen LogP) is 5.86. The molecular weight excluding hydrogens is 372 g/mol. The van der Waals surface area contributed by atoms with Crippen molar-refractivity contribution >= 4 is 5.97 Å². The van der Waals surface area contributed by atoms with Crippen LogP contribution in [0, 0.1) is 0 Å². The van der Waals surface area contributed by atoms with Crippen molar-refractivity contribution in [2.45, 2.75) is 12.3 Å². The maximum atomic E-state index is 11.9. The number of phenols is 1. The fourth-order valence-electron chi connectivity index (χ4n) is 3.88. The largest absolute Gasteiger partial charge is 0.507 e. The Morgan fingerprint density at radius 1 is 0.700 bits per heavy atom. The van der Waals surface area contributed by atoms with Gasteiger partial charge in [-0.05, 0) is 34.7 Å². The zero-order chi connectivity index (χ0) is 20.9. The topological polar surface area (TPSA) is 57.5 Å². The molecule has 2 N–H and O–H groups in total. The van der Waals surface area contributed by atoms with E-state index < -0.39 is 5.97 Å². The van der Waals surface area contributed by atoms with Gasteiger partial charge in [-0.3, -0.25) is 0 Å². The van der Waals surface area contributed by atoms with Gasteiger partial charge in [-0.2, -0.15) is 0 Å². The first-order chi connectivity index (χ1) is 14.6. The highest BCUT2D eigenvalue weighted by atomic mass is 16.4. The van der Waals surface area contributed by atoms with E-state index in [-0.39, 0.29) is 17.2 Å². The average Bonchev–Trinajstić information content (AvgIpc) is 2.78. The summed E-state index contributed by atoms with van der Waals surface area (Å²) in [6, 6.07) is 33.1. The van der Waals surface area contributed by atoms with Crippen LogP contribution in [0.5, 0.6) is 5.75 Å². The van der Waals surface area contributed by atoms with E-state index >= 15 is 0 Å². The van der Waals surface area contributed by atoms with E-state index in [0.717, 1.165) is 22.3 Å². The quantitative estimate of drug-likeness (QED) is 0.403. The summed E-state index contributed by atoms with van der Waals surface area (Å²) in [5.74, 6) is -1.60. The third kappa shape index (κ3) is 4.11. The van der Waals surface area contributed by atoms with Crippen LogP contribution < -0.4 is 0 Å². The molecule has 0 saturated carbocycles. The first kappa shape index (κ1) is 19.5. The molecule has 0 saturated heterocycles. The molecule has 0 aliphatic heterocycles. The van der Waals surface area contributed by atoms with Crippen molar-refractivity contribution in [3.8, 4) is 5.75 Å². The van der Waals surface area contributed by atoms with E-state index in [1.54, 1.807) is 6.07 Å². The van der Waals surface area contributed by atoms with Crippen LogP contribution in [0.3, 0.4) is 0 Å². The Hall–Kier alpha value is -3.85. The molecule has 30 heavy (non-hydrogen) atoms. The molecule has 3 nitrogen and oxygen atoms in total. The molecule has 0 heterocycles. The molecule has 0 aromatic heterocycles. The summed E-state index contributed by atoms with van der Waals surface area (Å²) in [4.78, 5) is 11.9. The molecule has 4 rings (SSSR count). The monoisotopic (exact) mass is 394 g/mol. The fraction of sp³-hybridized carbons (Fsp3) is 0.0741. The van der Waals surface area contributed by atoms with Gasteiger partial charge in [-0.15, -0.1) is 0 Å². The average molecular weight is 394 g/mol. The first-order valence-electron chi connectivity index (χ1n) is 9.86. The lowest BCUT2D eigenvalue weighted by Gasteiger charge is -2.22. The Morgan fingerprint density at radius 2 is 1.20 bits per heavy atom. The molecule has 0 fully saturated rings. The van der Waals surface area contributed by atoms with Crippen molar-refractivity contribution in [3.05, 3.63) is 137 Å². The molecule has 0 spiro atoms. The summed E-state index contributed by atoms with van der Waals surface area (Å²) in [6.07, 6.45) is 0.588. The lowest BCUT2D eigenvalue weighted by molar-refractivity contribution is 0.0693. The van der Waals surface area contributed by atoms with Gasteiger partial charge in [-0.25, -0.2) is 4.79 Å². The lowest BCUT2D eigenvalue weighted by atomic mass is 9.82. The molecule has 0 radical (unpaired) electrons. The second-order valence-corrected chi connectivity index (χ2v) is 7.30. The molecule has 0 unspecified atom stereocenters. The van der Waals surface area contributed by atoms with Crippen LogP contribution in [0.4, 0.5) is 0 Å². The molecule has 148 valence electrons. The van der Waals surface area contributed by atoms with Gasteiger partial charge in [0.15, 0.2) is 0 Å². The van der Waals surface area contributed by atoms with Crippen LogP contribution >= 0.6 is 0 Å². The second-order valence-electron chi connectivity index (χ2n) is 7.30. The van der Waals surface area contributed by atoms with Crippen LogP contribution in [-0.4, -0.2) is 16.2 Å². The van der Waals surface area contributed by atoms with E-state index in [1.165, 1.54) is 0 Å². The Labute approximate surface area is 175 Å². The van der Waals surface area contributed by atoms with Gasteiger partial charge in [0.2, 0.25) is 0 Å². The second kappa shape index (κ2) is 8.66. The van der Waals surface area contributed by atoms with Crippen LogP contribution in [0.15, 0.2) is 103 Å². The van der Waals surface area contributed by atoms with Crippen molar-refractivity contribution < 1.29 is 15.0 Å². The summed E-state index contributed by atoms with van der Waals surface area (Å²) in [6.45, 7) is 0.